The summed E-state index contributed by atoms with van der Waals surface area (Å²) < 4.78 is 24.7. The Bertz CT molecular complexity index is 1230. The molecule has 0 atom stereocenters. The fourth-order valence-corrected chi connectivity index (χ4v) is 5.04. The topological polar surface area (TPSA) is 34.1 Å². The van der Waals surface area contributed by atoms with Crippen molar-refractivity contribution in [2.75, 3.05) is 6.26 Å². The highest BCUT2D eigenvalue weighted by Gasteiger charge is 2.24. The third-order valence-corrected chi connectivity index (χ3v) is 6.93. The molecule has 2 aliphatic rings. The Morgan fingerprint density at radius 3 is 1.89 bits per heavy atom. The Kier molecular flexibility index (Phi) is 4.86. The maximum Gasteiger partial charge on any atom is 0.175 e. The molecular formula is C24H19BrO2S. The van der Waals surface area contributed by atoms with Gasteiger partial charge in [-0.2, -0.15) is 0 Å². The normalized spacial score (nSPS) is 11.7. The van der Waals surface area contributed by atoms with Crippen molar-refractivity contribution in [2.45, 2.75) is 11.8 Å². The van der Waals surface area contributed by atoms with Gasteiger partial charge in [-0.25, -0.2) is 8.42 Å². The van der Waals surface area contributed by atoms with Gasteiger partial charge in [0.2, 0.25) is 0 Å². The maximum atomic E-state index is 11.8. The SMILES string of the molecule is Cc1ccccc2c(Br)c(-c3ccc(S(C)(=O)=O)cc3)c(-c3ccccc3)c1-2. The second-order valence-corrected chi connectivity index (χ2v) is 9.73. The van der Waals surface area contributed by atoms with Crippen LogP contribution in [0.25, 0.3) is 33.4 Å². The molecule has 28 heavy (non-hydrogen) atoms. The molecule has 140 valence electrons. The Balaban J connectivity index is 2.07. The van der Waals surface area contributed by atoms with Gasteiger partial charge in [-0.15, -0.1) is 0 Å². The monoisotopic (exact) mass is 450 g/mol. The van der Waals surface area contributed by atoms with Crippen LogP contribution in [0.5, 0.6) is 0 Å². The number of hydrogen-bond donors (Lipinski definition) is 0. The van der Waals surface area contributed by atoms with Gasteiger partial charge < -0.3 is 0 Å². The zero-order valence-electron chi connectivity index (χ0n) is 15.6. The predicted molar refractivity (Wildman–Crippen MR) is 119 cm³/mol. The highest BCUT2D eigenvalue weighted by atomic mass is 79.9. The molecule has 2 aliphatic carbocycles. The molecule has 0 spiro atoms. The lowest BCUT2D eigenvalue weighted by atomic mass is 9.94. The van der Waals surface area contributed by atoms with Gasteiger partial charge in [0, 0.05) is 16.3 Å². The number of hydrogen-bond acceptors (Lipinski definition) is 2. The minimum atomic E-state index is -3.23. The molecule has 4 rings (SSSR count). The van der Waals surface area contributed by atoms with Crippen molar-refractivity contribution < 1.29 is 8.42 Å². The molecule has 0 unspecified atom stereocenters. The van der Waals surface area contributed by atoms with E-state index in [1.54, 1.807) is 12.1 Å². The molecule has 0 aromatic heterocycles. The van der Waals surface area contributed by atoms with Crippen LogP contribution in [-0.2, 0) is 9.84 Å². The van der Waals surface area contributed by atoms with Crippen LogP contribution in [0.1, 0.15) is 5.56 Å². The van der Waals surface area contributed by atoms with E-state index in [1.165, 1.54) is 17.4 Å². The summed E-state index contributed by atoms with van der Waals surface area (Å²) in [7, 11) is -3.23. The highest BCUT2D eigenvalue weighted by Crippen LogP contribution is 2.51. The quantitative estimate of drug-likeness (QED) is 0.352. The third-order valence-electron chi connectivity index (χ3n) is 4.97. The van der Waals surface area contributed by atoms with Gasteiger partial charge in [-0.3, -0.25) is 0 Å². The van der Waals surface area contributed by atoms with Gasteiger partial charge >= 0.3 is 0 Å². The van der Waals surface area contributed by atoms with Crippen LogP contribution >= 0.6 is 15.9 Å². The van der Waals surface area contributed by atoms with E-state index in [2.05, 4.69) is 53.2 Å². The van der Waals surface area contributed by atoms with Crippen LogP contribution in [0.3, 0.4) is 0 Å². The largest absolute Gasteiger partial charge is 0.224 e. The van der Waals surface area contributed by atoms with Crippen LogP contribution < -0.4 is 0 Å². The van der Waals surface area contributed by atoms with E-state index in [9.17, 15) is 8.42 Å². The molecule has 0 amide bonds. The summed E-state index contributed by atoms with van der Waals surface area (Å²) in [5, 5.41) is 0. The van der Waals surface area contributed by atoms with Crippen molar-refractivity contribution >= 4 is 25.8 Å². The van der Waals surface area contributed by atoms with Crippen molar-refractivity contribution in [2.24, 2.45) is 0 Å². The molecule has 2 aromatic rings. The minimum Gasteiger partial charge on any atom is -0.224 e. The van der Waals surface area contributed by atoms with Crippen molar-refractivity contribution in [3.05, 3.63) is 88.9 Å². The van der Waals surface area contributed by atoms with Crippen LogP contribution in [0.15, 0.2) is 88.2 Å². The van der Waals surface area contributed by atoms with Crippen LogP contribution in [-0.4, -0.2) is 14.7 Å². The minimum absolute atomic E-state index is 0.326. The number of sulfone groups is 1. The van der Waals surface area contributed by atoms with Crippen molar-refractivity contribution in [3.8, 4) is 33.4 Å². The smallest absolute Gasteiger partial charge is 0.175 e. The number of benzene rings is 2. The Labute approximate surface area is 174 Å². The van der Waals surface area contributed by atoms with Crippen LogP contribution in [0, 0.1) is 6.92 Å². The summed E-state index contributed by atoms with van der Waals surface area (Å²) in [5.74, 6) is 0. The van der Waals surface area contributed by atoms with Gasteiger partial charge in [-0.05, 0) is 68.4 Å². The number of fused-ring (bicyclic) bond motifs is 1. The summed E-state index contributed by atoms with van der Waals surface area (Å²) in [6, 6.07) is 25.8. The summed E-state index contributed by atoms with van der Waals surface area (Å²) in [6.07, 6.45) is 1.23. The molecule has 0 saturated carbocycles. The predicted octanol–water partition coefficient (Wildman–Crippen LogP) is 6.60. The van der Waals surface area contributed by atoms with E-state index < -0.39 is 9.84 Å². The van der Waals surface area contributed by atoms with Gasteiger partial charge in [0.05, 0.1) is 4.90 Å². The summed E-state index contributed by atoms with van der Waals surface area (Å²) in [5.41, 5.74) is 7.89. The number of halogens is 1. The highest BCUT2D eigenvalue weighted by molar-refractivity contribution is 9.10. The first-order valence-corrected chi connectivity index (χ1v) is 11.6. The first-order valence-electron chi connectivity index (χ1n) is 8.94. The second kappa shape index (κ2) is 7.19. The van der Waals surface area contributed by atoms with Gasteiger partial charge in [-0.1, -0.05) is 66.7 Å². The maximum absolute atomic E-state index is 11.8. The van der Waals surface area contributed by atoms with Crippen LogP contribution in [0.4, 0.5) is 0 Å². The van der Waals surface area contributed by atoms with Gasteiger partial charge in [0.1, 0.15) is 0 Å². The molecular weight excluding hydrogens is 432 g/mol. The van der Waals surface area contributed by atoms with Crippen molar-refractivity contribution in [1.29, 1.82) is 0 Å². The number of aryl methyl sites for hydroxylation is 1. The number of rotatable bonds is 3. The van der Waals surface area contributed by atoms with Crippen LogP contribution in [0.2, 0.25) is 0 Å². The van der Waals surface area contributed by atoms with E-state index >= 15 is 0 Å². The fourth-order valence-electron chi connectivity index (χ4n) is 3.65. The molecule has 0 heterocycles. The third kappa shape index (κ3) is 3.27. The van der Waals surface area contributed by atoms with E-state index in [1.807, 2.05) is 36.4 Å². The van der Waals surface area contributed by atoms with E-state index in [-0.39, 0.29) is 0 Å². The van der Waals surface area contributed by atoms with E-state index in [0.29, 0.717) is 4.90 Å². The van der Waals surface area contributed by atoms with Gasteiger partial charge in [0.25, 0.3) is 0 Å². The molecule has 0 aliphatic heterocycles. The Morgan fingerprint density at radius 2 is 1.25 bits per heavy atom. The molecule has 2 nitrogen and oxygen atoms in total. The zero-order chi connectivity index (χ0) is 19.9. The standard InChI is InChI=1S/C24H19BrO2S/c1-16-8-6-7-11-20-21(16)22(17-9-4-3-5-10-17)23(24(20)25)18-12-14-19(15-13-18)28(2,26)27/h3-15H,1-2H3. The Hall–Kier alpha value is -2.43. The van der Waals surface area contributed by atoms with E-state index in [4.69, 9.17) is 0 Å². The molecule has 0 saturated heterocycles. The van der Waals surface area contributed by atoms with E-state index in [0.717, 1.165) is 32.3 Å². The summed E-state index contributed by atoms with van der Waals surface area (Å²) >= 11 is 3.83. The van der Waals surface area contributed by atoms with Crippen molar-refractivity contribution in [1.82, 2.24) is 0 Å². The lowest BCUT2D eigenvalue weighted by Gasteiger charge is -2.10. The first kappa shape index (κ1) is 18.9. The Morgan fingerprint density at radius 1 is 0.679 bits per heavy atom. The fraction of sp³-hybridized carbons (Fsp3) is 0.0833. The summed E-state index contributed by atoms with van der Waals surface area (Å²) in [6.45, 7) is 2.12. The molecule has 0 radical (unpaired) electrons. The summed E-state index contributed by atoms with van der Waals surface area (Å²) in [4.78, 5) is 0.326. The molecule has 0 fully saturated rings. The molecule has 0 bridgehead atoms. The average molecular weight is 451 g/mol. The molecule has 4 heteroatoms. The molecule has 2 aromatic carbocycles. The second-order valence-electron chi connectivity index (χ2n) is 6.92. The lowest BCUT2D eigenvalue weighted by molar-refractivity contribution is 0.602. The molecule has 0 N–H and O–H groups in total. The zero-order valence-corrected chi connectivity index (χ0v) is 18.0. The lowest BCUT2D eigenvalue weighted by Crippen LogP contribution is -1.96. The first-order chi connectivity index (χ1) is 13.4. The van der Waals surface area contributed by atoms with Crippen molar-refractivity contribution in [3.63, 3.8) is 0 Å². The van der Waals surface area contributed by atoms with Gasteiger partial charge in [0.15, 0.2) is 9.84 Å². The average Bonchev–Trinajstić information content (AvgIpc) is 2.83.